The summed E-state index contributed by atoms with van der Waals surface area (Å²) in [4.78, 5) is 12.2. The quantitative estimate of drug-likeness (QED) is 0.626. The summed E-state index contributed by atoms with van der Waals surface area (Å²) in [5.41, 5.74) is 1.37. The lowest BCUT2D eigenvalue weighted by molar-refractivity contribution is 0.618. The summed E-state index contributed by atoms with van der Waals surface area (Å²) in [5.74, 6) is 0. The minimum absolute atomic E-state index is 0.0936. The molecule has 4 nitrogen and oxygen atoms in total. The predicted octanol–water partition coefficient (Wildman–Crippen LogP) is 2.89. The van der Waals surface area contributed by atoms with Gasteiger partial charge < -0.3 is 4.57 Å². The molecule has 86 valence electrons. The van der Waals surface area contributed by atoms with E-state index in [4.69, 9.17) is 23.2 Å². The smallest absolute Gasteiger partial charge is 0.164 e. The summed E-state index contributed by atoms with van der Waals surface area (Å²) in [6.07, 6.45) is 5.18. The van der Waals surface area contributed by atoms with Crippen molar-refractivity contribution < 1.29 is 0 Å². The Kier molecular flexibility index (Phi) is 3.61. The molecule has 0 radical (unpaired) electrons. The molecule has 2 heterocycles. The molecular weight excluding hydrogens is 247 g/mol. The zero-order valence-corrected chi connectivity index (χ0v) is 10.4. The maximum absolute atomic E-state index is 6.19. The molecular formula is C10H12Cl2N4. The SMILES string of the molecule is CCCC(Cl)Cn1cnc2c(Cl)ncnc21. The largest absolute Gasteiger partial charge is 0.314 e. The molecule has 0 aromatic carbocycles. The number of imidazole rings is 1. The van der Waals surface area contributed by atoms with Crippen LogP contribution in [-0.4, -0.2) is 24.9 Å². The minimum atomic E-state index is 0.0936. The number of halogens is 2. The number of hydrogen-bond acceptors (Lipinski definition) is 3. The Labute approximate surface area is 104 Å². The van der Waals surface area contributed by atoms with E-state index < -0.39 is 0 Å². The topological polar surface area (TPSA) is 43.6 Å². The highest BCUT2D eigenvalue weighted by Crippen LogP contribution is 2.18. The molecule has 6 heteroatoms. The zero-order valence-electron chi connectivity index (χ0n) is 8.90. The standard InChI is InChI=1S/C10H12Cl2N4/c1-2-3-7(11)4-16-6-15-8-9(12)13-5-14-10(8)16/h5-7H,2-4H2,1H3. The predicted molar refractivity (Wildman–Crippen MR) is 64.9 cm³/mol. The van der Waals surface area contributed by atoms with Crippen LogP contribution in [0.4, 0.5) is 0 Å². The number of fused-ring (bicyclic) bond motifs is 1. The highest BCUT2D eigenvalue weighted by molar-refractivity contribution is 6.33. The molecule has 2 aromatic heterocycles. The van der Waals surface area contributed by atoms with Crippen molar-refractivity contribution in [2.45, 2.75) is 31.7 Å². The fourth-order valence-corrected chi connectivity index (χ4v) is 2.15. The van der Waals surface area contributed by atoms with E-state index in [1.165, 1.54) is 6.33 Å². The van der Waals surface area contributed by atoms with Crippen LogP contribution >= 0.6 is 23.2 Å². The normalized spacial score (nSPS) is 13.2. The molecule has 0 aliphatic heterocycles. The summed E-state index contributed by atoms with van der Waals surface area (Å²) in [6.45, 7) is 2.81. The molecule has 0 amide bonds. The third-order valence-corrected chi connectivity index (χ3v) is 2.99. The summed E-state index contributed by atoms with van der Waals surface area (Å²) < 4.78 is 1.91. The molecule has 0 aliphatic carbocycles. The first kappa shape index (κ1) is 11.6. The van der Waals surface area contributed by atoms with Gasteiger partial charge in [-0.1, -0.05) is 24.9 Å². The highest BCUT2D eigenvalue weighted by atomic mass is 35.5. The monoisotopic (exact) mass is 258 g/mol. The second-order valence-electron chi connectivity index (χ2n) is 3.62. The summed E-state index contributed by atoms with van der Waals surface area (Å²) in [5, 5.41) is 0.474. The molecule has 2 aromatic rings. The van der Waals surface area contributed by atoms with E-state index in [9.17, 15) is 0 Å². The van der Waals surface area contributed by atoms with Gasteiger partial charge in [-0.05, 0) is 6.42 Å². The van der Waals surface area contributed by atoms with Crippen molar-refractivity contribution in [3.63, 3.8) is 0 Å². The minimum Gasteiger partial charge on any atom is -0.314 e. The first-order valence-electron chi connectivity index (χ1n) is 5.17. The lowest BCUT2D eigenvalue weighted by Crippen LogP contribution is -2.09. The molecule has 0 spiro atoms. The van der Waals surface area contributed by atoms with Crippen molar-refractivity contribution >= 4 is 34.4 Å². The van der Waals surface area contributed by atoms with E-state index in [1.54, 1.807) is 6.33 Å². The van der Waals surface area contributed by atoms with Crippen LogP contribution in [0, 0.1) is 0 Å². The molecule has 1 atom stereocenters. The van der Waals surface area contributed by atoms with Gasteiger partial charge in [0.1, 0.15) is 11.8 Å². The Balaban J connectivity index is 2.28. The Hall–Kier alpha value is -0.870. The number of aromatic nitrogens is 4. The Morgan fingerprint density at radius 1 is 1.38 bits per heavy atom. The molecule has 1 unspecified atom stereocenters. The van der Waals surface area contributed by atoms with Crippen LogP contribution in [-0.2, 0) is 6.54 Å². The van der Waals surface area contributed by atoms with Crippen molar-refractivity contribution in [1.29, 1.82) is 0 Å². The van der Waals surface area contributed by atoms with Gasteiger partial charge in [0.15, 0.2) is 10.8 Å². The van der Waals surface area contributed by atoms with Crippen molar-refractivity contribution in [3.05, 3.63) is 17.8 Å². The van der Waals surface area contributed by atoms with E-state index in [0.717, 1.165) is 18.5 Å². The second-order valence-corrected chi connectivity index (χ2v) is 4.59. The van der Waals surface area contributed by atoms with E-state index in [1.807, 2.05) is 4.57 Å². The summed E-state index contributed by atoms with van der Waals surface area (Å²) in [7, 11) is 0. The third kappa shape index (κ3) is 2.28. The van der Waals surface area contributed by atoms with Crippen molar-refractivity contribution in [2.75, 3.05) is 0 Å². The van der Waals surface area contributed by atoms with Gasteiger partial charge >= 0.3 is 0 Å². The molecule has 0 fully saturated rings. The average Bonchev–Trinajstić information content (AvgIpc) is 2.64. The van der Waals surface area contributed by atoms with Crippen molar-refractivity contribution in [1.82, 2.24) is 19.5 Å². The van der Waals surface area contributed by atoms with Crippen molar-refractivity contribution in [2.24, 2.45) is 0 Å². The first-order chi connectivity index (χ1) is 7.72. The Bertz CT molecular complexity index is 483. The number of hydrogen-bond donors (Lipinski definition) is 0. The van der Waals surface area contributed by atoms with Crippen LogP contribution in [0.25, 0.3) is 11.2 Å². The van der Waals surface area contributed by atoms with E-state index >= 15 is 0 Å². The van der Waals surface area contributed by atoms with Gasteiger partial charge in [-0.15, -0.1) is 11.6 Å². The van der Waals surface area contributed by atoms with E-state index in [-0.39, 0.29) is 5.38 Å². The fraction of sp³-hybridized carbons (Fsp3) is 0.500. The van der Waals surface area contributed by atoms with Crippen LogP contribution < -0.4 is 0 Å². The van der Waals surface area contributed by atoms with Gasteiger partial charge in [-0.3, -0.25) is 0 Å². The van der Waals surface area contributed by atoms with Gasteiger partial charge in [-0.25, -0.2) is 15.0 Å². The third-order valence-electron chi connectivity index (χ3n) is 2.35. The molecule has 0 N–H and O–H groups in total. The van der Waals surface area contributed by atoms with Gasteiger partial charge in [0, 0.05) is 6.54 Å². The number of rotatable bonds is 4. The van der Waals surface area contributed by atoms with Crippen LogP contribution in [0.5, 0.6) is 0 Å². The second kappa shape index (κ2) is 4.97. The Morgan fingerprint density at radius 3 is 2.94 bits per heavy atom. The molecule has 16 heavy (non-hydrogen) atoms. The van der Waals surface area contributed by atoms with Crippen molar-refractivity contribution in [3.8, 4) is 0 Å². The summed E-state index contributed by atoms with van der Waals surface area (Å²) >= 11 is 12.1. The van der Waals surface area contributed by atoms with E-state index in [2.05, 4.69) is 21.9 Å². The van der Waals surface area contributed by atoms with Gasteiger partial charge in [0.05, 0.1) is 11.7 Å². The molecule has 0 saturated carbocycles. The molecule has 0 saturated heterocycles. The lowest BCUT2D eigenvalue weighted by Gasteiger charge is -2.08. The highest BCUT2D eigenvalue weighted by Gasteiger charge is 2.11. The molecule has 0 bridgehead atoms. The number of nitrogens with zero attached hydrogens (tertiary/aromatic N) is 4. The number of alkyl halides is 1. The summed E-state index contributed by atoms with van der Waals surface area (Å²) in [6, 6.07) is 0. The van der Waals surface area contributed by atoms with Gasteiger partial charge in [0.2, 0.25) is 0 Å². The Morgan fingerprint density at radius 2 is 2.19 bits per heavy atom. The molecule has 0 aliphatic rings. The van der Waals surface area contributed by atoms with Crippen LogP contribution in [0.3, 0.4) is 0 Å². The zero-order chi connectivity index (χ0) is 11.5. The fourth-order valence-electron chi connectivity index (χ4n) is 1.60. The van der Waals surface area contributed by atoms with Crippen LogP contribution in [0.1, 0.15) is 19.8 Å². The first-order valence-corrected chi connectivity index (χ1v) is 5.99. The average molecular weight is 259 g/mol. The van der Waals surface area contributed by atoms with Crippen LogP contribution in [0.2, 0.25) is 5.15 Å². The maximum Gasteiger partial charge on any atom is 0.164 e. The maximum atomic E-state index is 6.19. The van der Waals surface area contributed by atoms with E-state index in [0.29, 0.717) is 17.2 Å². The van der Waals surface area contributed by atoms with Gasteiger partial charge in [-0.2, -0.15) is 0 Å². The molecule has 2 rings (SSSR count). The lowest BCUT2D eigenvalue weighted by atomic mass is 10.2. The van der Waals surface area contributed by atoms with Crippen LogP contribution in [0.15, 0.2) is 12.7 Å². The van der Waals surface area contributed by atoms with Gasteiger partial charge in [0.25, 0.3) is 0 Å².